The van der Waals surface area contributed by atoms with E-state index < -0.39 is 0 Å². The van der Waals surface area contributed by atoms with E-state index >= 15 is 0 Å². The maximum absolute atomic E-state index is 8.94. The summed E-state index contributed by atoms with van der Waals surface area (Å²) in [5.74, 6) is 0.939. The molecule has 5 nitrogen and oxygen atoms in total. The van der Waals surface area contributed by atoms with E-state index in [0.717, 1.165) is 25.5 Å². The quantitative estimate of drug-likeness (QED) is 0.795. The summed E-state index contributed by atoms with van der Waals surface area (Å²) in [7, 11) is 0. The fourth-order valence-corrected chi connectivity index (χ4v) is 2.81. The summed E-state index contributed by atoms with van der Waals surface area (Å²) in [6.07, 6.45) is 2.63. The highest BCUT2D eigenvalue weighted by Crippen LogP contribution is 2.23. The van der Waals surface area contributed by atoms with E-state index in [1.54, 1.807) is 0 Å². The first-order valence-corrected chi connectivity index (χ1v) is 6.29. The molecule has 3 heterocycles. The Kier molecular flexibility index (Phi) is 2.94. The number of aliphatic hydroxyl groups is 1. The molecule has 1 unspecified atom stereocenters. The Morgan fingerprint density at radius 1 is 1.24 bits per heavy atom. The van der Waals surface area contributed by atoms with Crippen molar-refractivity contribution in [3.05, 3.63) is 17.8 Å². The minimum Gasteiger partial charge on any atom is -0.390 e. The molecule has 0 bridgehead atoms. The van der Waals surface area contributed by atoms with Crippen LogP contribution in [0.1, 0.15) is 18.5 Å². The van der Waals surface area contributed by atoms with Gasteiger partial charge in [-0.3, -0.25) is 4.90 Å². The van der Waals surface area contributed by atoms with Gasteiger partial charge in [0.25, 0.3) is 0 Å². The van der Waals surface area contributed by atoms with Gasteiger partial charge in [0.2, 0.25) is 0 Å². The molecular formula is C12H18N4O. The second-order valence-corrected chi connectivity index (χ2v) is 4.82. The van der Waals surface area contributed by atoms with E-state index in [1.165, 1.54) is 19.4 Å². The van der Waals surface area contributed by atoms with Crippen LogP contribution in [0.2, 0.25) is 0 Å². The molecule has 0 amide bonds. The Balaban J connectivity index is 1.71. The molecular weight excluding hydrogens is 216 g/mol. The molecule has 1 N–H and O–H groups in total. The van der Waals surface area contributed by atoms with Crippen LogP contribution >= 0.6 is 0 Å². The van der Waals surface area contributed by atoms with E-state index in [1.807, 2.05) is 12.1 Å². The summed E-state index contributed by atoms with van der Waals surface area (Å²) in [5, 5.41) is 17.1. The average molecular weight is 234 g/mol. The van der Waals surface area contributed by atoms with Crippen molar-refractivity contribution in [2.24, 2.45) is 0 Å². The fraction of sp³-hybridized carbons (Fsp3) is 0.667. The van der Waals surface area contributed by atoms with Gasteiger partial charge in [-0.25, -0.2) is 0 Å². The topological polar surface area (TPSA) is 52.5 Å². The molecule has 0 radical (unpaired) electrons. The third-order valence-corrected chi connectivity index (χ3v) is 3.78. The van der Waals surface area contributed by atoms with E-state index in [2.05, 4.69) is 20.0 Å². The zero-order chi connectivity index (χ0) is 11.7. The number of piperazine rings is 1. The summed E-state index contributed by atoms with van der Waals surface area (Å²) in [5.41, 5.74) is 0.633. The van der Waals surface area contributed by atoms with Crippen LogP contribution in [-0.4, -0.2) is 52.4 Å². The lowest BCUT2D eigenvalue weighted by Crippen LogP contribution is -2.50. The Labute approximate surface area is 101 Å². The normalized spacial score (nSPS) is 25.0. The molecule has 92 valence electrons. The van der Waals surface area contributed by atoms with Gasteiger partial charge in [-0.15, -0.1) is 5.10 Å². The van der Waals surface area contributed by atoms with E-state index in [0.29, 0.717) is 11.7 Å². The molecule has 2 aliphatic rings. The molecule has 2 saturated heterocycles. The minimum atomic E-state index is -0.0380. The lowest BCUT2D eigenvalue weighted by molar-refractivity contribution is 0.230. The zero-order valence-corrected chi connectivity index (χ0v) is 9.92. The van der Waals surface area contributed by atoms with E-state index in [9.17, 15) is 0 Å². The maximum Gasteiger partial charge on any atom is 0.151 e. The number of hydrogen-bond acceptors (Lipinski definition) is 5. The summed E-state index contributed by atoms with van der Waals surface area (Å²) in [6, 6.07) is 4.51. The third kappa shape index (κ3) is 2.12. The van der Waals surface area contributed by atoms with Gasteiger partial charge in [0, 0.05) is 25.7 Å². The van der Waals surface area contributed by atoms with Gasteiger partial charge >= 0.3 is 0 Å². The number of nitrogens with zero attached hydrogens (tertiary/aromatic N) is 4. The number of aromatic nitrogens is 2. The van der Waals surface area contributed by atoms with Crippen LogP contribution in [0.5, 0.6) is 0 Å². The van der Waals surface area contributed by atoms with Gasteiger partial charge in [0.1, 0.15) is 0 Å². The van der Waals surface area contributed by atoms with Crippen LogP contribution in [0.15, 0.2) is 12.1 Å². The first kappa shape index (κ1) is 10.9. The number of fused-ring (bicyclic) bond motifs is 1. The van der Waals surface area contributed by atoms with Gasteiger partial charge in [-0.2, -0.15) is 5.10 Å². The number of rotatable bonds is 2. The third-order valence-electron chi connectivity index (χ3n) is 3.78. The molecule has 0 aliphatic carbocycles. The van der Waals surface area contributed by atoms with Crippen LogP contribution in [0.4, 0.5) is 5.82 Å². The molecule has 2 fully saturated rings. The van der Waals surface area contributed by atoms with Crippen molar-refractivity contribution in [2.45, 2.75) is 25.5 Å². The van der Waals surface area contributed by atoms with Crippen molar-refractivity contribution in [2.75, 3.05) is 31.1 Å². The standard InChI is InChI=1S/C12H18N4O/c17-9-10-3-4-12(14-13-10)16-7-6-15-5-1-2-11(15)8-16/h3-4,11,17H,1-2,5-9H2. The molecule has 5 heteroatoms. The van der Waals surface area contributed by atoms with Crippen LogP contribution in [0.3, 0.4) is 0 Å². The number of anilines is 1. The Morgan fingerprint density at radius 3 is 2.94 bits per heavy atom. The minimum absolute atomic E-state index is 0.0380. The smallest absolute Gasteiger partial charge is 0.151 e. The maximum atomic E-state index is 8.94. The molecule has 1 atom stereocenters. The highest BCUT2D eigenvalue weighted by Gasteiger charge is 2.30. The second-order valence-electron chi connectivity index (χ2n) is 4.82. The van der Waals surface area contributed by atoms with Crippen LogP contribution in [-0.2, 0) is 6.61 Å². The van der Waals surface area contributed by atoms with Crippen molar-refractivity contribution in [3.63, 3.8) is 0 Å². The van der Waals surface area contributed by atoms with E-state index in [4.69, 9.17) is 5.11 Å². The van der Waals surface area contributed by atoms with Gasteiger partial charge in [-0.05, 0) is 31.5 Å². The van der Waals surface area contributed by atoms with Crippen molar-refractivity contribution < 1.29 is 5.11 Å². The molecule has 1 aromatic rings. The first-order chi connectivity index (χ1) is 8.36. The molecule has 17 heavy (non-hydrogen) atoms. The average Bonchev–Trinajstić information content (AvgIpc) is 2.86. The van der Waals surface area contributed by atoms with Crippen molar-refractivity contribution in [3.8, 4) is 0 Å². The molecule has 0 aromatic carbocycles. The largest absolute Gasteiger partial charge is 0.390 e. The Morgan fingerprint density at radius 2 is 2.18 bits per heavy atom. The summed E-state index contributed by atoms with van der Waals surface area (Å²) >= 11 is 0. The Bertz CT molecular complexity index is 381. The number of hydrogen-bond donors (Lipinski definition) is 1. The summed E-state index contributed by atoms with van der Waals surface area (Å²) < 4.78 is 0. The van der Waals surface area contributed by atoms with Crippen molar-refractivity contribution in [1.82, 2.24) is 15.1 Å². The van der Waals surface area contributed by atoms with E-state index in [-0.39, 0.29) is 6.61 Å². The van der Waals surface area contributed by atoms with Crippen LogP contribution < -0.4 is 4.90 Å². The molecule has 0 spiro atoms. The van der Waals surface area contributed by atoms with Crippen LogP contribution in [0, 0.1) is 0 Å². The van der Waals surface area contributed by atoms with Gasteiger partial charge in [-0.1, -0.05) is 0 Å². The molecule has 3 rings (SSSR count). The van der Waals surface area contributed by atoms with Gasteiger partial charge in [0.05, 0.1) is 12.3 Å². The van der Waals surface area contributed by atoms with Gasteiger partial charge in [0.15, 0.2) is 5.82 Å². The number of aliphatic hydroxyl groups excluding tert-OH is 1. The Hall–Kier alpha value is -1.20. The lowest BCUT2D eigenvalue weighted by Gasteiger charge is -2.37. The fourth-order valence-electron chi connectivity index (χ4n) is 2.81. The van der Waals surface area contributed by atoms with Crippen LogP contribution in [0.25, 0.3) is 0 Å². The predicted molar refractivity (Wildman–Crippen MR) is 64.8 cm³/mol. The highest BCUT2D eigenvalue weighted by atomic mass is 16.3. The predicted octanol–water partition coefficient (Wildman–Crippen LogP) is 0.253. The van der Waals surface area contributed by atoms with Gasteiger partial charge < -0.3 is 10.0 Å². The lowest BCUT2D eigenvalue weighted by atomic mass is 10.1. The van der Waals surface area contributed by atoms with Crippen molar-refractivity contribution in [1.29, 1.82) is 0 Å². The molecule has 1 aromatic heterocycles. The second kappa shape index (κ2) is 4.58. The first-order valence-electron chi connectivity index (χ1n) is 6.29. The monoisotopic (exact) mass is 234 g/mol. The highest BCUT2D eigenvalue weighted by molar-refractivity contribution is 5.38. The molecule has 0 saturated carbocycles. The molecule has 2 aliphatic heterocycles. The zero-order valence-electron chi connectivity index (χ0n) is 9.92. The van der Waals surface area contributed by atoms with Crippen molar-refractivity contribution >= 4 is 5.82 Å². The SMILES string of the molecule is OCc1ccc(N2CCN3CCCC3C2)nn1. The summed E-state index contributed by atoms with van der Waals surface area (Å²) in [4.78, 5) is 4.88. The summed E-state index contributed by atoms with van der Waals surface area (Å²) in [6.45, 7) is 4.45.